The molecule has 0 spiro atoms. The van der Waals surface area contributed by atoms with Crippen LogP contribution >= 0.6 is 0 Å². The molecule has 0 aliphatic carbocycles. The van der Waals surface area contributed by atoms with Gasteiger partial charge in [-0.25, -0.2) is 0 Å². The molecule has 3 nitrogen and oxygen atoms in total. The first-order valence-electron chi connectivity index (χ1n) is 6.05. The molecule has 1 unspecified atom stereocenters. The third-order valence-electron chi connectivity index (χ3n) is 2.92. The maximum absolute atomic E-state index is 10.4. The highest BCUT2D eigenvalue weighted by Gasteiger charge is 2.16. The predicted molar refractivity (Wildman–Crippen MR) is 67.8 cm³/mol. The number of nitrogens with zero attached hydrogens (tertiary/aromatic N) is 2. The van der Waals surface area contributed by atoms with Crippen molar-refractivity contribution >= 4 is 0 Å². The van der Waals surface area contributed by atoms with Gasteiger partial charge in [-0.05, 0) is 25.0 Å². The van der Waals surface area contributed by atoms with E-state index in [0.29, 0.717) is 0 Å². The van der Waals surface area contributed by atoms with E-state index in [9.17, 15) is 5.11 Å². The number of aliphatic hydroxyl groups is 1. The molecule has 0 saturated carbocycles. The minimum Gasteiger partial charge on any atom is -0.382 e. The lowest BCUT2D eigenvalue weighted by Crippen LogP contribution is -2.08. The summed E-state index contributed by atoms with van der Waals surface area (Å²) in [5.41, 5.74) is 2.80. The quantitative estimate of drug-likeness (QED) is 0.876. The van der Waals surface area contributed by atoms with E-state index in [1.165, 1.54) is 0 Å². The summed E-state index contributed by atoms with van der Waals surface area (Å²) in [6.45, 7) is 4.88. The molecule has 0 radical (unpaired) electrons. The zero-order valence-electron chi connectivity index (χ0n) is 10.3. The molecule has 90 valence electrons. The van der Waals surface area contributed by atoms with Crippen LogP contribution in [-0.4, -0.2) is 14.9 Å². The molecule has 0 bridgehead atoms. The van der Waals surface area contributed by atoms with E-state index >= 15 is 0 Å². The zero-order chi connectivity index (χ0) is 12.3. The van der Waals surface area contributed by atoms with Crippen LogP contribution in [0.2, 0.25) is 0 Å². The predicted octanol–water partition coefficient (Wildman–Crippen LogP) is 2.55. The Morgan fingerprint density at radius 3 is 2.53 bits per heavy atom. The van der Waals surface area contributed by atoms with E-state index in [1.807, 2.05) is 48.0 Å². The molecule has 1 atom stereocenters. The fourth-order valence-electron chi connectivity index (χ4n) is 1.94. The second-order valence-corrected chi connectivity index (χ2v) is 4.04. The third kappa shape index (κ3) is 2.39. The molecule has 17 heavy (non-hydrogen) atoms. The summed E-state index contributed by atoms with van der Waals surface area (Å²) in [4.78, 5) is 0. The first kappa shape index (κ1) is 11.9. The molecule has 3 heteroatoms. The van der Waals surface area contributed by atoms with Gasteiger partial charge in [0.05, 0.1) is 11.4 Å². The minimum absolute atomic E-state index is 0.594. The van der Waals surface area contributed by atoms with Gasteiger partial charge in [-0.15, -0.1) is 0 Å². The molecule has 1 heterocycles. The Labute approximate surface area is 102 Å². The van der Waals surface area contributed by atoms with Crippen molar-refractivity contribution in [1.29, 1.82) is 0 Å². The summed E-state index contributed by atoms with van der Waals surface area (Å²) < 4.78 is 1.87. The van der Waals surface area contributed by atoms with Crippen LogP contribution in [0.25, 0.3) is 0 Å². The van der Waals surface area contributed by atoms with Crippen LogP contribution in [-0.2, 0) is 13.0 Å². The van der Waals surface area contributed by atoms with Crippen LogP contribution in [0.3, 0.4) is 0 Å². The van der Waals surface area contributed by atoms with Crippen molar-refractivity contribution in [3.63, 3.8) is 0 Å². The molecule has 0 saturated heterocycles. The molecule has 0 aliphatic rings. The summed E-state index contributed by atoms with van der Waals surface area (Å²) in [5.74, 6) is 0. The van der Waals surface area contributed by atoms with Crippen molar-refractivity contribution in [1.82, 2.24) is 9.78 Å². The molecular weight excluding hydrogens is 212 g/mol. The van der Waals surface area contributed by atoms with Crippen molar-refractivity contribution in [2.45, 2.75) is 32.9 Å². The van der Waals surface area contributed by atoms with Crippen LogP contribution < -0.4 is 0 Å². The molecule has 0 amide bonds. The monoisotopic (exact) mass is 230 g/mol. The van der Waals surface area contributed by atoms with Gasteiger partial charge >= 0.3 is 0 Å². The minimum atomic E-state index is -0.594. The Kier molecular flexibility index (Phi) is 3.59. The molecule has 2 rings (SSSR count). The summed E-state index contributed by atoms with van der Waals surface area (Å²) in [6.07, 6.45) is 0.297. The van der Waals surface area contributed by atoms with Gasteiger partial charge in [0.15, 0.2) is 0 Å². The van der Waals surface area contributed by atoms with E-state index in [2.05, 4.69) is 12.0 Å². The number of aliphatic hydroxyl groups excluding tert-OH is 1. The molecule has 1 aromatic carbocycles. The summed E-state index contributed by atoms with van der Waals surface area (Å²) in [7, 11) is 0. The lowest BCUT2D eigenvalue weighted by molar-refractivity contribution is 0.208. The Morgan fingerprint density at radius 1 is 1.24 bits per heavy atom. The molecule has 0 fully saturated rings. The lowest BCUT2D eigenvalue weighted by atomic mass is 10.1. The second kappa shape index (κ2) is 5.15. The second-order valence-electron chi connectivity index (χ2n) is 4.04. The van der Waals surface area contributed by atoms with Gasteiger partial charge in [-0.2, -0.15) is 5.10 Å². The smallest absolute Gasteiger partial charge is 0.121 e. The van der Waals surface area contributed by atoms with E-state index < -0.39 is 6.10 Å². The largest absolute Gasteiger partial charge is 0.382 e. The molecular formula is C14H18N2O. The van der Waals surface area contributed by atoms with Crippen molar-refractivity contribution in [2.75, 3.05) is 0 Å². The molecule has 2 aromatic rings. The Bertz CT molecular complexity index is 476. The van der Waals surface area contributed by atoms with E-state index in [-0.39, 0.29) is 0 Å². The fraction of sp³-hybridized carbons (Fsp3) is 0.357. The van der Waals surface area contributed by atoms with Crippen LogP contribution in [0.15, 0.2) is 36.4 Å². The number of rotatable bonds is 4. The van der Waals surface area contributed by atoms with E-state index in [4.69, 9.17) is 0 Å². The first-order valence-corrected chi connectivity index (χ1v) is 6.05. The van der Waals surface area contributed by atoms with Crippen molar-refractivity contribution in [3.05, 3.63) is 53.3 Å². The Hall–Kier alpha value is -1.61. The van der Waals surface area contributed by atoms with Crippen LogP contribution in [0.1, 0.15) is 36.9 Å². The van der Waals surface area contributed by atoms with Gasteiger partial charge in [0.25, 0.3) is 0 Å². The van der Waals surface area contributed by atoms with Crippen LogP contribution in [0, 0.1) is 0 Å². The van der Waals surface area contributed by atoms with Gasteiger partial charge in [0.2, 0.25) is 0 Å². The number of aryl methyl sites for hydroxylation is 2. The number of hydrogen-bond donors (Lipinski definition) is 1. The maximum atomic E-state index is 10.4. The molecule has 0 aliphatic heterocycles. The fourth-order valence-corrected chi connectivity index (χ4v) is 1.94. The zero-order valence-corrected chi connectivity index (χ0v) is 10.3. The maximum Gasteiger partial charge on any atom is 0.121 e. The van der Waals surface area contributed by atoms with E-state index in [0.717, 1.165) is 29.9 Å². The normalized spacial score (nSPS) is 12.6. The highest BCUT2D eigenvalue weighted by atomic mass is 16.3. The van der Waals surface area contributed by atoms with Crippen LogP contribution in [0.5, 0.6) is 0 Å². The van der Waals surface area contributed by atoms with Crippen molar-refractivity contribution < 1.29 is 5.11 Å². The van der Waals surface area contributed by atoms with Crippen molar-refractivity contribution in [3.8, 4) is 0 Å². The van der Waals surface area contributed by atoms with Gasteiger partial charge < -0.3 is 5.11 Å². The van der Waals surface area contributed by atoms with Gasteiger partial charge in [-0.1, -0.05) is 37.3 Å². The number of hydrogen-bond acceptors (Lipinski definition) is 2. The number of benzene rings is 1. The van der Waals surface area contributed by atoms with E-state index in [1.54, 1.807) is 0 Å². The Morgan fingerprint density at radius 2 is 1.94 bits per heavy atom. The van der Waals surface area contributed by atoms with Gasteiger partial charge in [0, 0.05) is 6.54 Å². The average Bonchev–Trinajstić information content (AvgIpc) is 2.82. The summed E-state index contributed by atoms with van der Waals surface area (Å²) in [6, 6.07) is 11.7. The van der Waals surface area contributed by atoms with Gasteiger partial charge in [0.1, 0.15) is 6.10 Å². The average molecular weight is 230 g/mol. The first-order chi connectivity index (χ1) is 8.26. The summed E-state index contributed by atoms with van der Waals surface area (Å²) in [5, 5.41) is 14.8. The highest BCUT2D eigenvalue weighted by molar-refractivity contribution is 5.26. The van der Waals surface area contributed by atoms with Crippen LogP contribution in [0.4, 0.5) is 0 Å². The topological polar surface area (TPSA) is 38.0 Å². The summed E-state index contributed by atoms with van der Waals surface area (Å²) >= 11 is 0. The Balaban J connectivity index is 2.36. The standard InChI is InChI=1S/C14H18N2O/c1-3-12-10-13(16(4-2)15-12)14(17)11-8-6-5-7-9-11/h5-10,14,17H,3-4H2,1-2H3. The third-order valence-corrected chi connectivity index (χ3v) is 2.92. The van der Waals surface area contributed by atoms with Gasteiger partial charge in [-0.3, -0.25) is 4.68 Å². The lowest BCUT2D eigenvalue weighted by Gasteiger charge is -2.12. The SMILES string of the molecule is CCc1cc(C(O)c2ccccc2)n(CC)n1. The molecule has 1 N–H and O–H groups in total. The number of aromatic nitrogens is 2. The highest BCUT2D eigenvalue weighted by Crippen LogP contribution is 2.22. The molecule has 1 aromatic heterocycles. The van der Waals surface area contributed by atoms with Crippen molar-refractivity contribution in [2.24, 2.45) is 0 Å².